The van der Waals surface area contributed by atoms with Crippen LogP contribution in [0.5, 0.6) is 11.5 Å². The normalized spacial score (nSPS) is 22.2. The number of phenols is 2. The molecule has 0 saturated heterocycles. The molecule has 2 N–H and O–H groups in total. The van der Waals surface area contributed by atoms with E-state index in [0.717, 1.165) is 17.5 Å². The molecule has 0 aromatic heterocycles. The summed E-state index contributed by atoms with van der Waals surface area (Å²) in [6.45, 7) is 12.8. The fraction of sp³-hybridized carbons (Fsp3) is 0.429. The van der Waals surface area contributed by atoms with Crippen LogP contribution >= 0.6 is 0 Å². The summed E-state index contributed by atoms with van der Waals surface area (Å²) in [6.07, 6.45) is 0.989. The largest absolute Gasteiger partial charge is 0.508 e. The topological polar surface area (TPSA) is 40.5 Å². The molecule has 0 amide bonds. The first-order chi connectivity index (χ1) is 10.6. The van der Waals surface area contributed by atoms with Crippen molar-refractivity contribution >= 4 is 0 Å². The number of aromatic hydroxyl groups is 2. The van der Waals surface area contributed by atoms with Crippen molar-refractivity contribution < 1.29 is 10.2 Å². The minimum atomic E-state index is -0.111. The molecule has 2 aromatic rings. The van der Waals surface area contributed by atoms with Gasteiger partial charge >= 0.3 is 0 Å². The summed E-state index contributed by atoms with van der Waals surface area (Å²) in [7, 11) is 0. The van der Waals surface area contributed by atoms with E-state index in [2.05, 4.69) is 33.8 Å². The first-order valence-electron chi connectivity index (χ1n) is 8.22. The van der Waals surface area contributed by atoms with Crippen LogP contribution in [0.1, 0.15) is 60.6 Å². The number of phenolic OH excluding ortho intramolecular Hbond substituents is 2. The molecule has 0 spiro atoms. The molecule has 1 aliphatic rings. The zero-order chi connectivity index (χ0) is 17.2. The highest BCUT2D eigenvalue weighted by atomic mass is 16.3. The van der Waals surface area contributed by atoms with E-state index < -0.39 is 0 Å². The lowest BCUT2D eigenvalue weighted by atomic mass is 9.73. The highest BCUT2D eigenvalue weighted by molar-refractivity contribution is 5.60. The third-order valence-corrected chi connectivity index (χ3v) is 5.78. The fourth-order valence-electron chi connectivity index (χ4n) is 4.46. The number of fused-ring (bicyclic) bond motifs is 1. The first-order valence-corrected chi connectivity index (χ1v) is 8.22. The molecule has 3 rings (SSSR count). The van der Waals surface area contributed by atoms with Crippen molar-refractivity contribution in [2.24, 2.45) is 0 Å². The molecular formula is C21H26O2. The second-order valence-electron chi connectivity index (χ2n) is 7.96. The molecule has 2 heteroatoms. The average molecular weight is 310 g/mol. The zero-order valence-corrected chi connectivity index (χ0v) is 14.9. The summed E-state index contributed by atoms with van der Waals surface area (Å²) in [5, 5.41) is 20.2. The maximum Gasteiger partial charge on any atom is 0.119 e. The number of hydrogen-bond acceptors (Lipinski definition) is 2. The number of rotatable bonds is 1. The Balaban J connectivity index is 2.32. The lowest BCUT2D eigenvalue weighted by Crippen LogP contribution is -2.24. The van der Waals surface area contributed by atoms with Gasteiger partial charge in [0.25, 0.3) is 0 Å². The van der Waals surface area contributed by atoms with E-state index in [1.807, 2.05) is 26.0 Å². The second kappa shape index (κ2) is 4.77. The third kappa shape index (κ3) is 2.15. The van der Waals surface area contributed by atoms with Crippen molar-refractivity contribution in [1.82, 2.24) is 0 Å². The number of benzene rings is 2. The monoisotopic (exact) mass is 310 g/mol. The van der Waals surface area contributed by atoms with Gasteiger partial charge in [0.05, 0.1) is 0 Å². The van der Waals surface area contributed by atoms with Crippen molar-refractivity contribution in [3.63, 3.8) is 0 Å². The molecule has 2 nitrogen and oxygen atoms in total. The first kappa shape index (κ1) is 15.9. The minimum absolute atomic E-state index is 0.00577. The van der Waals surface area contributed by atoms with Crippen molar-refractivity contribution in [3.05, 3.63) is 57.6 Å². The van der Waals surface area contributed by atoms with E-state index in [1.54, 1.807) is 6.07 Å². The molecule has 0 heterocycles. The van der Waals surface area contributed by atoms with E-state index in [9.17, 15) is 10.2 Å². The zero-order valence-electron chi connectivity index (χ0n) is 14.9. The van der Waals surface area contributed by atoms with Gasteiger partial charge in [0.2, 0.25) is 0 Å². The number of aryl methyl sites for hydroxylation is 1. The Hall–Kier alpha value is -1.96. The quantitative estimate of drug-likeness (QED) is 0.777. The van der Waals surface area contributed by atoms with E-state index >= 15 is 0 Å². The Morgan fingerprint density at radius 2 is 1.52 bits per heavy atom. The molecule has 1 atom stereocenters. The highest BCUT2D eigenvalue weighted by Crippen LogP contribution is 2.55. The highest BCUT2D eigenvalue weighted by Gasteiger charge is 2.47. The Morgan fingerprint density at radius 1 is 0.870 bits per heavy atom. The van der Waals surface area contributed by atoms with Crippen LogP contribution in [0.15, 0.2) is 24.3 Å². The summed E-state index contributed by atoms with van der Waals surface area (Å²) in [5.41, 5.74) is 6.75. The van der Waals surface area contributed by atoms with Gasteiger partial charge in [-0.2, -0.15) is 0 Å². The second-order valence-corrected chi connectivity index (χ2v) is 7.96. The summed E-state index contributed by atoms with van der Waals surface area (Å²) >= 11 is 0. The van der Waals surface area contributed by atoms with Gasteiger partial charge < -0.3 is 10.2 Å². The van der Waals surface area contributed by atoms with Crippen LogP contribution in [0.25, 0.3) is 0 Å². The molecule has 0 fully saturated rings. The summed E-state index contributed by atoms with van der Waals surface area (Å²) in [6, 6.07) is 7.89. The summed E-state index contributed by atoms with van der Waals surface area (Å²) < 4.78 is 0. The van der Waals surface area contributed by atoms with Crippen molar-refractivity contribution in [3.8, 4) is 11.5 Å². The van der Waals surface area contributed by atoms with Gasteiger partial charge in [-0.05, 0) is 78.1 Å². The standard InChI is InChI=1S/C21H26O2/c1-12-9-15(7-8-17(12)22)21(6)11-20(4,5)16-10-18(23)13(2)14(3)19(16)21/h7-10,22-23H,11H2,1-6H3. The Kier molecular flexibility index (Phi) is 3.30. The van der Waals surface area contributed by atoms with Crippen molar-refractivity contribution in [2.75, 3.05) is 0 Å². The van der Waals surface area contributed by atoms with Crippen LogP contribution in [0.3, 0.4) is 0 Å². The van der Waals surface area contributed by atoms with Gasteiger partial charge in [-0.1, -0.05) is 32.9 Å². The predicted molar refractivity (Wildman–Crippen MR) is 94.5 cm³/mol. The molecule has 122 valence electrons. The predicted octanol–water partition coefficient (Wildman–Crippen LogP) is 5.01. The summed E-state index contributed by atoms with van der Waals surface area (Å²) in [4.78, 5) is 0. The van der Waals surface area contributed by atoms with Crippen LogP contribution < -0.4 is 0 Å². The van der Waals surface area contributed by atoms with Gasteiger partial charge in [-0.3, -0.25) is 0 Å². The molecule has 0 aliphatic heterocycles. The molecule has 23 heavy (non-hydrogen) atoms. The van der Waals surface area contributed by atoms with Crippen molar-refractivity contribution in [2.45, 2.75) is 58.8 Å². The smallest absolute Gasteiger partial charge is 0.119 e. The van der Waals surface area contributed by atoms with E-state index in [4.69, 9.17) is 0 Å². The Morgan fingerprint density at radius 3 is 2.13 bits per heavy atom. The molecular weight excluding hydrogens is 284 g/mol. The Labute approximate surface area is 138 Å². The van der Waals surface area contributed by atoms with Gasteiger partial charge in [-0.15, -0.1) is 0 Å². The molecule has 0 saturated carbocycles. The number of hydrogen-bond donors (Lipinski definition) is 2. The van der Waals surface area contributed by atoms with Crippen LogP contribution in [0, 0.1) is 20.8 Å². The third-order valence-electron chi connectivity index (χ3n) is 5.78. The molecule has 0 radical (unpaired) electrons. The van der Waals surface area contributed by atoms with Crippen LogP contribution in [0.4, 0.5) is 0 Å². The summed E-state index contributed by atoms with van der Waals surface area (Å²) in [5.74, 6) is 0.730. The molecule has 0 bridgehead atoms. The van der Waals surface area contributed by atoms with Gasteiger partial charge in [-0.25, -0.2) is 0 Å². The molecule has 1 aliphatic carbocycles. The van der Waals surface area contributed by atoms with E-state index in [-0.39, 0.29) is 10.8 Å². The maximum absolute atomic E-state index is 10.3. The lowest BCUT2D eigenvalue weighted by Gasteiger charge is -2.30. The van der Waals surface area contributed by atoms with Crippen molar-refractivity contribution in [1.29, 1.82) is 0 Å². The van der Waals surface area contributed by atoms with Gasteiger partial charge in [0.1, 0.15) is 11.5 Å². The molecule has 1 unspecified atom stereocenters. The molecule has 2 aromatic carbocycles. The van der Waals surface area contributed by atoms with Gasteiger partial charge in [0.15, 0.2) is 0 Å². The SMILES string of the molecule is Cc1cc(C2(C)CC(C)(C)c3cc(O)c(C)c(C)c32)ccc1O. The minimum Gasteiger partial charge on any atom is -0.508 e. The van der Waals surface area contributed by atoms with E-state index in [0.29, 0.717) is 11.5 Å². The Bertz CT molecular complexity index is 802. The van der Waals surface area contributed by atoms with Gasteiger partial charge in [0, 0.05) is 5.41 Å². The van der Waals surface area contributed by atoms with Crippen LogP contribution in [-0.2, 0) is 10.8 Å². The fourth-order valence-corrected chi connectivity index (χ4v) is 4.46. The van der Waals surface area contributed by atoms with Crippen LogP contribution in [0.2, 0.25) is 0 Å². The lowest BCUT2D eigenvalue weighted by molar-refractivity contribution is 0.422. The van der Waals surface area contributed by atoms with Crippen LogP contribution in [-0.4, -0.2) is 10.2 Å². The average Bonchev–Trinajstić information content (AvgIpc) is 2.66. The van der Waals surface area contributed by atoms with E-state index in [1.165, 1.54) is 22.3 Å². The maximum atomic E-state index is 10.3.